The third-order valence-corrected chi connectivity index (χ3v) is 4.20. The molecule has 2 aromatic heterocycles. The molecule has 1 aliphatic carbocycles. The van der Waals surface area contributed by atoms with Crippen molar-refractivity contribution >= 4 is 22.3 Å². The van der Waals surface area contributed by atoms with Gasteiger partial charge in [0, 0.05) is 36.0 Å². The average molecular weight is 291 g/mol. The number of nitrogen functional groups attached to an aromatic ring is 1. The molecule has 106 valence electrons. The van der Waals surface area contributed by atoms with Crippen LogP contribution in [0.2, 0.25) is 0 Å². The molecular formula is C13H17N5OS. The van der Waals surface area contributed by atoms with E-state index in [2.05, 4.69) is 20.3 Å². The molecular weight excluding hydrogens is 274 g/mol. The van der Waals surface area contributed by atoms with Crippen molar-refractivity contribution in [3.05, 3.63) is 29.2 Å². The number of aliphatic hydroxyl groups is 1. The number of thiazole rings is 1. The van der Waals surface area contributed by atoms with E-state index in [-0.39, 0.29) is 6.10 Å². The topological polar surface area (TPSA) is 97.0 Å². The molecule has 7 heteroatoms. The van der Waals surface area contributed by atoms with Crippen LogP contribution in [0.5, 0.6) is 0 Å². The standard InChI is InChI=1S/C13H17N5OS/c14-13-18-9(6-20-13)1-2-15-12-5-11(16-7-17-12)8-3-10(19)4-8/h5-8,10,19H,1-4H2,(H2,14,18)(H,15,16,17). The first-order valence-electron chi connectivity index (χ1n) is 6.64. The van der Waals surface area contributed by atoms with Gasteiger partial charge in [0.1, 0.15) is 12.1 Å². The second kappa shape index (κ2) is 5.72. The van der Waals surface area contributed by atoms with Gasteiger partial charge in [0.2, 0.25) is 0 Å². The third kappa shape index (κ3) is 3.05. The molecule has 0 aliphatic heterocycles. The zero-order valence-electron chi connectivity index (χ0n) is 11.0. The van der Waals surface area contributed by atoms with Crippen molar-refractivity contribution in [1.29, 1.82) is 0 Å². The SMILES string of the molecule is Nc1nc(CCNc2cc(C3CC(O)C3)ncn2)cs1. The summed E-state index contributed by atoms with van der Waals surface area (Å²) >= 11 is 1.46. The van der Waals surface area contributed by atoms with Crippen LogP contribution in [0.3, 0.4) is 0 Å². The Hall–Kier alpha value is -1.73. The summed E-state index contributed by atoms with van der Waals surface area (Å²) in [6.07, 6.45) is 3.82. The number of hydrogen-bond donors (Lipinski definition) is 3. The van der Waals surface area contributed by atoms with E-state index in [1.165, 1.54) is 11.3 Å². The van der Waals surface area contributed by atoms with Gasteiger partial charge in [0.25, 0.3) is 0 Å². The van der Waals surface area contributed by atoms with Crippen LogP contribution in [0.15, 0.2) is 17.8 Å². The Labute approximate surface area is 121 Å². The molecule has 2 heterocycles. The molecule has 3 rings (SSSR count). The molecule has 1 saturated carbocycles. The minimum Gasteiger partial charge on any atom is -0.393 e. The summed E-state index contributed by atoms with van der Waals surface area (Å²) in [4.78, 5) is 12.7. The van der Waals surface area contributed by atoms with Crippen LogP contribution in [0.25, 0.3) is 0 Å². The molecule has 6 nitrogen and oxygen atoms in total. The Morgan fingerprint density at radius 2 is 2.25 bits per heavy atom. The molecule has 0 aromatic carbocycles. The lowest BCUT2D eigenvalue weighted by Crippen LogP contribution is -2.27. The summed E-state index contributed by atoms with van der Waals surface area (Å²) in [7, 11) is 0. The van der Waals surface area contributed by atoms with Crippen LogP contribution in [0, 0.1) is 0 Å². The lowest BCUT2D eigenvalue weighted by molar-refractivity contribution is 0.0732. The van der Waals surface area contributed by atoms with Crippen molar-refractivity contribution in [2.75, 3.05) is 17.6 Å². The minimum atomic E-state index is -0.165. The maximum Gasteiger partial charge on any atom is 0.180 e. The minimum absolute atomic E-state index is 0.165. The van der Waals surface area contributed by atoms with Crippen LogP contribution in [0.4, 0.5) is 10.9 Å². The smallest absolute Gasteiger partial charge is 0.180 e. The van der Waals surface area contributed by atoms with Crippen molar-refractivity contribution in [3.63, 3.8) is 0 Å². The number of hydrogen-bond acceptors (Lipinski definition) is 7. The van der Waals surface area contributed by atoms with Crippen molar-refractivity contribution in [1.82, 2.24) is 15.0 Å². The first-order chi connectivity index (χ1) is 9.70. The number of aliphatic hydroxyl groups excluding tert-OH is 1. The fourth-order valence-corrected chi connectivity index (χ4v) is 2.87. The number of nitrogens with two attached hydrogens (primary N) is 1. The lowest BCUT2D eigenvalue weighted by atomic mass is 9.80. The first kappa shape index (κ1) is 13.3. The molecule has 0 bridgehead atoms. The molecule has 4 N–H and O–H groups in total. The van der Waals surface area contributed by atoms with Crippen LogP contribution in [0.1, 0.15) is 30.1 Å². The molecule has 0 radical (unpaired) electrons. The Morgan fingerprint density at radius 3 is 2.95 bits per heavy atom. The second-order valence-corrected chi connectivity index (χ2v) is 5.89. The molecule has 0 saturated heterocycles. The van der Waals surface area contributed by atoms with Crippen LogP contribution < -0.4 is 11.1 Å². The summed E-state index contributed by atoms with van der Waals surface area (Å²) < 4.78 is 0. The molecule has 0 atom stereocenters. The number of nitrogens with zero attached hydrogens (tertiary/aromatic N) is 3. The van der Waals surface area contributed by atoms with Gasteiger partial charge in [-0.15, -0.1) is 11.3 Å². The van der Waals surface area contributed by atoms with Gasteiger partial charge in [-0.1, -0.05) is 0 Å². The van der Waals surface area contributed by atoms with E-state index in [0.717, 1.165) is 43.0 Å². The first-order valence-corrected chi connectivity index (χ1v) is 7.52. The number of aromatic nitrogens is 3. The van der Waals surface area contributed by atoms with Gasteiger partial charge >= 0.3 is 0 Å². The molecule has 0 spiro atoms. The zero-order chi connectivity index (χ0) is 13.9. The predicted octanol–water partition coefficient (Wildman–Crippen LogP) is 1.41. The Bertz CT molecular complexity index is 582. The van der Waals surface area contributed by atoms with E-state index in [9.17, 15) is 5.11 Å². The summed E-state index contributed by atoms with van der Waals surface area (Å²) in [6.45, 7) is 0.757. The van der Waals surface area contributed by atoms with Crippen molar-refractivity contribution < 1.29 is 5.11 Å². The largest absolute Gasteiger partial charge is 0.393 e. The van der Waals surface area contributed by atoms with Crippen molar-refractivity contribution in [2.45, 2.75) is 31.3 Å². The molecule has 1 aliphatic rings. The van der Waals surface area contributed by atoms with Gasteiger partial charge in [-0.25, -0.2) is 15.0 Å². The number of rotatable bonds is 5. The summed E-state index contributed by atoms with van der Waals surface area (Å²) in [5, 5.41) is 15.2. The molecule has 0 amide bonds. The van der Waals surface area contributed by atoms with Crippen molar-refractivity contribution in [2.24, 2.45) is 0 Å². The van der Waals surface area contributed by atoms with E-state index in [4.69, 9.17) is 5.73 Å². The fourth-order valence-electron chi connectivity index (χ4n) is 2.28. The Balaban J connectivity index is 1.53. The maximum atomic E-state index is 9.34. The van der Waals surface area contributed by atoms with Gasteiger partial charge in [-0.2, -0.15) is 0 Å². The van der Waals surface area contributed by atoms with Crippen LogP contribution >= 0.6 is 11.3 Å². The van der Waals surface area contributed by atoms with Gasteiger partial charge in [0.15, 0.2) is 5.13 Å². The third-order valence-electron chi connectivity index (χ3n) is 3.48. The normalized spacial score (nSPS) is 21.4. The highest BCUT2D eigenvalue weighted by molar-refractivity contribution is 7.13. The van der Waals surface area contributed by atoms with E-state index in [0.29, 0.717) is 11.0 Å². The number of nitrogens with one attached hydrogen (secondary N) is 1. The lowest BCUT2D eigenvalue weighted by Gasteiger charge is -2.30. The highest BCUT2D eigenvalue weighted by Gasteiger charge is 2.29. The highest BCUT2D eigenvalue weighted by atomic mass is 32.1. The van der Waals surface area contributed by atoms with Gasteiger partial charge in [0.05, 0.1) is 11.8 Å². The molecule has 20 heavy (non-hydrogen) atoms. The molecule has 0 unspecified atom stereocenters. The summed E-state index contributed by atoms with van der Waals surface area (Å²) in [6, 6.07) is 1.96. The van der Waals surface area contributed by atoms with Crippen LogP contribution in [-0.2, 0) is 6.42 Å². The maximum absolute atomic E-state index is 9.34. The van der Waals surface area contributed by atoms with E-state index in [1.54, 1.807) is 6.33 Å². The van der Waals surface area contributed by atoms with E-state index in [1.807, 2.05) is 11.4 Å². The molecule has 1 fully saturated rings. The predicted molar refractivity (Wildman–Crippen MR) is 78.7 cm³/mol. The zero-order valence-corrected chi connectivity index (χ0v) is 11.8. The van der Waals surface area contributed by atoms with Crippen LogP contribution in [-0.4, -0.2) is 32.7 Å². The van der Waals surface area contributed by atoms with Crippen molar-refractivity contribution in [3.8, 4) is 0 Å². The average Bonchev–Trinajstić information content (AvgIpc) is 2.81. The monoisotopic (exact) mass is 291 g/mol. The summed E-state index contributed by atoms with van der Waals surface area (Å²) in [5.74, 6) is 1.19. The number of anilines is 2. The van der Waals surface area contributed by atoms with E-state index < -0.39 is 0 Å². The van der Waals surface area contributed by atoms with Gasteiger partial charge < -0.3 is 16.2 Å². The van der Waals surface area contributed by atoms with Gasteiger partial charge in [-0.3, -0.25) is 0 Å². The summed E-state index contributed by atoms with van der Waals surface area (Å²) in [5.41, 5.74) is 7.60. The van der Waals surface area contributed by atoms with Gasteiger partial charge in [-0.05, 0) is 12.8 Å². The fraction of sp³-hybridized carbons (Fsp3) is 0.462. The quantitative estimate of drug-likeness (QED) is 0.770. The Kier molecular flexibility index (Phi) is 3.79. The molecule has 2 aromatic rings. The highest BCUT2D eigenvalue weighted by Crippen LogP contribution is 2.35. The van der Waals surface area contributed by atoms with E-state index >= 15 is 0 Å². The Morgan fingerprint density at radius 1 is 1.40 bits per heavy atom. The second-order valence-electron chi connectivity index (χ2n) is 5.00.